The summed E-state index contributed by atoms with van der Waals surface area (Å²) in [5, 5.41) is 6.03. The zero-order chi connectivity index (χ0) is 10.4. The Bertz CT molecular complexity index is 206. The van der Waals surface area contributed by atoms with E-state index in [0.717, 1.165) is 6.54 Å². The van der Waals surface area contributed by atoms with Gasteiger partial charge >= 0.3 is 0 Å². The van der Waals surface area contributed by atoms with Crippen molar-refractivity contribution in [2.24, 2.45) is 5.92 Å². The molecule has 1 amide bonds. The molecule has 2 unspecified atom stereocenters. The van der Waals surface area contributed by atoms with Crippen LogP contribution in [-0.2, 0) is 9.53 Å². The van der Waals surface area contributed by atoms with Gasteiger partial charge < -0.3 is 15.4 Å². The van der Waals surface area contributed by atoms with Gasteiger partial charge in [-0.3, -0.25) is 4.79 Å². The molecule has 0 aromatic rings. The van der Waals surface area contributed by atoms with E-state index >= 15 is 0 Å². The van der Waals surface area contributed by atoms with Gasteiger partial charge in [-0.1, -0.05) is 13.0 Å². The van der Waals surface area contributed by atoms with E-state index in [1.54, 1.807) is 6.08 Å². The lowest BCUT2D eigenvalue weighted by Gasteiger charge is -2.17. The Hall–Kier alpha value is -0.870. The molecular formula is C10H18N2O2. The van der Waals surface area contributed by atoms with Crippen LogP contribution in [0.5, 0.6) is 0 Å². The number of amides is 1. The Morgan fingerprint density at radius 3 is 3.07 bits per heavy atom. The van der Waals surface area contributed by atoms with Gasteiger partial charge in [0.1, 0.15) is 0 Å². The van der Waals surface area contributed by atoms with E-state index < -0.39 is 0 Å². The van der Waals surface area contributed by atoms with Crippen LogP contribution in [0, 0.1) is 5.92 Å². The maximum atomic E-state index is 11.6. The predicted molar refractivity (Wildman–Crippen MR) is 55.0 cm³/mol. The van der Waals surface area contributed by atoms with E-state index in [0.29, 0.717) is 19.8 Å². The first-order chi connectivity index (χ1) is 6.79. The van der Waals surface area contributed by atoms with Crippen molar-refractivity contribution in [1.29, 1.82) is 0 Å². The lowest BCUT2D eigenvalue weighted by molar-refractivity contribution is -0.125. The van der Waals surface area contributed by atoms with E-state index in [-0.39, 0.29) is 17.9 Å². The number of hydrogen-bond acceptors (Lipinski definition) is 3. The third-order valence-electron chi connectivity index (χ3n) is 2.30. The molecule has 0 aromatic carbocycles. The zero-order valence-corrected chi connectivity index (χ0v) is 8.58. The van der Waals surface area contributed by atoms with Crippen molar-refractivity contribution in [2.45, 2.75) is 13.0 Å². The van der Waals surface area contributed by atoms with Crippen LogP contribution in [0.4, 0.5) is 0 Å². The van der Waals surface area contributed by atoms with Gasteiger partial charge in [-0.05, 0) is 6.54 Å². The van der Waals surface area contributed by atoms with Crippen LogP contribution in [0.2, 0.25) is 0 Å². The number of hydrogen-bond donors (Lipinski definition) is 2. The molecule has 1 heterocycles. The van der Waals surface area contributed by atoms with Gasteiger partial charge in [-0.15, -0.1) is 6.58 Å². The topological polar surface area (TPSA) is 50.4 Å². The molecule has 1 saturated heterocycles. The van der Waals surface area contributed by atoms with Gasteiger partial charge in [0.15, 0.2) is 0 Å². The van der Waals surface area contributed by atoms with E-state index in [4.69, 9.17) is 4.74 Å². The summed E-state index contributed by atoms with van der Waals surface area (Å²) in [6, 6.07) is 0.157. The first-order valence-electron chi connectivity index (χ1n) is 4.99. The van der Waals surface area contributed by atoms with Crippen LogP contribution >= 0.6 is 0 Å². The molecule has 80 valence electrons. The van der Waals surface area contributed by atoms with Crippen molar-refractivity contribution < 1.29 is 9.53 Å². The van der Waals surface area contributed by atoms with Crippen LogP contribution in [0.1, 0.15) is 6.92 Å². The van der Waals surface area contributed by atoms with Crippen LogP contribution in [-0.4, -0.2) is 38.3 Å². The third kappa shape index (κ3) is 2.82. The normalized spacial score (nSPS) is 26.1. The summed E-state index contributed by atoms with van der Waals surface area (Å²) in [5.41, 5.74) is 0. The summed E-state index contributed by atoms with van der Waals surface area (Å²) < 4.78 is 5.27. The molecule has 1 rings (SSSR count). The fourth-order valence-electron chi connectivity index (χ4n) is 1.58. The Morgan fingerprint density at radius 1 is 1.64 bits per heavy atom. The van der Waals surface area contributed by atoms with Gasteiger partial charge in [0, 0.05) is 12.6 Å². The van der Waals surface area contributed by atoms with E-state index in [9.17, 15) is 4.79 Å². The fraction of sp³-hybridized carbons (Fsp3) is 0.700. The molecule has 0 saturated carbocycles. The SMILES string of the molecule is C=CCNC(=O)C1COCC1NCC. The Kier molecular flexibility index (Phi) is 4.62. The molecule has 0 spiro atoms. The molecule has 0 bridgehead atoms. The number of ether oxygens (including phenoxy) is 1. The average molecular weight is 198 g/mol. The van der Waals surface area contributed by atoms with Crippen molar-refractivity contribution in [2.75, 3.05) is 26.3 Å². The van der Waals surface area contributed by atoms with Crippen LogP contribution in [0.3, 0.4) is 0 Å². The molecule has 2 atom stereocenters. The van der Waals surface area contributed by atoms with Gasteiger partial charge in [-0.2, -0.15) is 0 Å². The molecule has 0 aliphatic carbocycles. The summed E-state index contributed by atoms with van der Waals surface area (Å²) >= 11 is 0. The minimum Gasteiger partial charge on any atom is -0.379 e. The molecular weight excluding hydrogens is 180 g/mol. The quantitative estimate of drug-likeness (QED) is 0.607. The minimum atomic E-state index is -0.0603. The smallest absolute Gasteiger partial charge is 0.227 e. The number of carbonyl (C=O) groups is 1. The molecule has 14 heavy (non-hydrogen) atoms. The van der Waals surface area contributed by atoms with Crippen molar-refractivity contribution >= 4 is 5.91 Å². The molecule has 0 aromatic heterocycles. The monoisotopic (exact) mass is 198 g/mol. The molecule has 1 aliphatic rings. The van der Waals surface area contributed by atoms with Crippen LogP contribution in [0.15, 0.2) is 12.7 Å². The number of carbonyl (C=O) groups excluding carboxylic acids is 1. The highest BCUT2D eigenvalue weighted by atomic mass is 16.5. The molecule has 2 N–H and O–H groups in total. The van der Waals surface area contributed by atoms with Crippen LogP contribution in [0.25, 0.3) is 0 Å². The van der Waals surface area contributed by atoms with Gasteiger partial charge in [0.25, 0.3) is 0 Å². The number of nitrogens with one attached hydrogen (secondary N) is 2. The molecule has 4 heteroatoms. The highest BCUT2D eigenvalue weighted by molar-refractivity contribution is 5.80. The van der Waals surface area contributed by atoms with Gasteiger partial charge in [-0.25, -0.2) is 0 Å². The summed E-state index contributed by atoms with van der Waals surface area (Å²) in [6.07, 6.45) is 1.68. The first kappa shape index (κ1) is 11.2. The average Bonchev–Trinajstić information content (AvgIpc) is 2.63. The second kappa shape index (κ2) is 5.78. The van der Waals surface area contributed by atoms with Crippen molar-refractivity contribution in [3.8, 4) is 0 Å². The highest BCUT2D eigenvalue weighted by Gasteiger charge is 2.32. The number of rotatable bonds is 5. The van der Waals surface area contributed by atoms with E-state index in [2.05, 4.69) is 17.2 Å². The maximum Gasteiger partial charge on any atom is 0.227 e. The predicted octanol–water partition coefficient (Wildman–Crippen LogP) is -0.0869. The summed E-state index contributed by atoms with van der Waals surface area (Å²) in [5.74, 6) is -0.0109. The maximum absolute atomic E-state index is 11.6. The number of likely N-dealkylation sites (N-methyl/N-ethyl adjacent to an activating group) is 1. The second-order valence-corrected chi connectivity index (χ2v) is 3.34. The Morgan fingerprint density at radius 2 is 2.43 bits per heavy atom. The third-order valence-corrected chi connectivity index (χ3v) is 2.30. The van der Waals surface area contributed by atoms with Crippen molar-refractivity contribution in [3.05, 3.63) is 12.7 Å². The molecule has 0 radical (unpaired) electrons. The standard InChI is InChI=1S/C10H18N2O2/c1-3-5-12-10(13)8-6-14-7-9(8)11-4-2/h3,8-9,11H,1,4-7H2,2H3,(H,12,13). The minimum absolute atomic E-state index is 0.0494. The second-order valence-electron chi connectivity index (χ2n) is 3.34. The molecule has 4 nitrogen and oxygen atoms in total. The first-order valence-corrected chi connectivity index (χ1v) is 4.99. The van der Waals surface area contributed by atoms with Crippen LogP contribution < -0.4 is 10.6 Å². The zero-order valence-electron chi connectivity index (χ0n) is 8.58. The Balaban J connectivity index is 2.40. The van der Waals surface area contributed by atoms with Gasteiger partial charge in [0.05, 0.1) is 19.1 Å². The van der Waals surface area contributed by atoms with Crippen molar-refractivity contribution in [3.63, 3.8) is 0 Å². The largest absolute Gasteiger partial charge is 0.379 e. The fourth-order valence-corrected chi connectivity index (χ4v) is 1.58. The van der Waals surface area contributed by atoms with Gasteiger partial charge in [0.2, 0.25) is 5.91 Å². The van der Waals surface area contributed by atoms with E-state index in [1.165, 1.54) is 0 Å². The van der Waals surface area contributed by atoms with E-state index in [1.807, 2.05) is 6.92 Å². The van der Waals surface area contributed by atoms with Crippen molar-refractivity contribution in [1.82, 2.24) is 10.6 Å². The lowest BCUT2D eigenvalue weighted by atomic mass is 10.0. The lowest BCUT2D eigenvalue weighted by Crippen LogP contribution is -2.43. The summed E-state index contributed by atoms with van der Waals surface area (Å²) in [6.45, 7) is 8.10. The molecule has 1 aliphatic heterocycles. The molecule has 1 fully saturated rings. The Labute approximate surface area is 84.7 Å². The highest BCUT2D eigenvalue weighted by Crippen LogP contribution is 2.13. The summed E-state index contributed by atoms with van der Waals surface area (Å²) in [4.78, 5) is 11.6. The summed E-state index contributed by atoms with van der Waals surface area (Å²) in [7, 11) is 0.